The number of benzene rings is 1. The van der Waals surface area contributed by atoms with Gasteiger partial charge in [-0.1, -0.05) is 41.6 Å². The molecule has 0 bridgehead atoms. The van der Waals surface area contributed by atoms with Crippen molar-refractivity contribution in [2.24, 2.45) is 0 Å². The van der Waals surface area contributed by atoms with Crippen LogP contribution in [0.4, 0.5) is 11.6 Å². The quantitative estimate of drug-likeness (QED) is 0.686. The van der Waals surface area contributed by atoms with E-state index in [-0.39, 0.29) is 0 Å². The third kappa shape index (κ3) is 3.61. The van der Waals surface area contributed by atoms with Crippen molar-refractivity contribution in [2.75, 3.05) is 23.9 Å². The molecule has 100 valence electrons. The lowest BCUT2D eigenvalue weighted by molar-refractivity contribution is 0.859. The average molecular weight is 274 g/mol. The number of aromatic nitrogens is 2. The van der Waals surface area contributed by atoms with E-state index in [1.165, 1.54) is 22.9 Å². The Kier molecular flexibility index (Phi) is 4.27. The number of hydrogen-bond donors (Lipinski definition) is 1. The predicted octanol–water partition coefficient (Wildman–Crippen LogP) is 2.73. The fourth-order valence-corrected chi connectivity index (χ4v) is 2.15. The van der Waals surface area contributed by atoms with E-state index < -0.39 is 0 Å². The van der Waals surface area contributed by atoms with Gasteiger partial charge < -0.3 is 10.6 Å². The van der Waals surface area contributed by atoms with Crippen LogP contribution < -0.4 is 10.6 Å². The highest BCUT2D eigenvalue weighted by Gasteiger charge is 2.07. The summed E-state index contributed by atoms with van der Waals surface area (Å²) in [6.45, 7) is 2.88. The number of rotatable bonds is 4. The predicted molar refractivity (Wildman–Crippen MR) is 81.5 cm³/mol. The zero-order valence-corrected chi connectivity index (χ0v) is 12.2. The van der Waals surface area contributed by atoms with Crippen molar-refractivity contribution >= 4 is 23.4 Å². The second-order valence-electron chi connectivity index (χ2n) is 4.48. The fraction of sp³-hybridized carbons (Fsp3) is 0.286. The van der Waals surface area contributed by atoms with Crippen molar-refractivity contribution in [3.8, 4) is 0 Å². The molecule has 0 aliphatic rings. The monoisotopic (exact) mass is 274 g/mol. The zero-order chi connectivity index (χ0) is 13.8. The summed E-state index contributed by atoms with van der Waals surface area (Å²) in [7, 11) is 2.01. The molecular formula is C14H18N4S. The number of thioether (sulfide) groups is 1. The lowest BCUT2D eigenvalue weighted by Gasteiger charge is -2.19. The van der Waals surface area contributed by atoms with Crippen molar-refractivity contribution in [3.05, 3.63) is 41.5 Å². The minimum Gasteiger partial charge on any atom is -0.383 e. The molecule has 0 atom stereocenters. The molecule has 0 saturated heterocycles. The Morgan fingerprint density at radius 2 is 1.89 bits per heavy atom. The van der Waals surface area contributed by atoms with Crippen molar-refractivity contribution in [3.63, 3.8) is 0 Å². The normalized spacial score (nSPS) is 10.5. The number of nitrogen functional groups attached to an aromatic ring is 1. The Morgan fingerprint density at radius 1 is 1.21 bits per heavy atom. The first-order valence-electron chi connectivity index (χ1n) is 6.03. The molecule has 0 saturated carbocycles. The first-order valence-corrected chi connectivity index (χ1v) is 7.26. The SMILES string of the molecule is CSc1nc(N)cc(N(C)Cc2ccc(C)cc2)n1. The van der Waals surface area contributed by atoms with Crippen LogP contribution in [0.1, 0.15) is 11.1 Å². The molecule has 1 heterocycles. The highest BCUT2D eigenvalue weighted by atomic mass is 32.2. The van der Waals surface area contributed by atoms with Crippen LogP contribution in [0, 0.1) is 6.92 Å². The van der Waals surface area contributed by atoms with Crippen molar-refractivity contribution in [1.82, 2.24) is 9.97 Å². The van der Waals surface area contributed by atoms with Crippen molar-refractivity contribution < 1.29 is 0 Å². The van der Waals surface area contributed by atoms with Crippen LogP contribution in [0.2, 0.25) is 0 Å². The minimum absolute atomic E-state index is 0.505. The Balaban J connectivity index is 2.17. The van der Waals surface area contributed by atoms with Crippen LogP contribution in [0.3, 0.4) is 0 Å². The van der Waals surface area contributed by atoms with E-state index in [2.05, 4.69) is 46.1 Å². The van der Waals surface area contributed by atoms with Crippen LogP contribution in [-0.4, -0.2) is 23.3 Å². The maximum Gasteiger partial charge on any atom is 0.191 e. The maximum absolute atomic E-state index is 5.79. The van der Waals surface area contributed by atoms with E-state index >= 15 is 0 Å². The molecular weight excluding hydrogens is 256 g/mol. The molecule has 0 fully saturated rings. The van der Waals surface area contributed by atoms with Crippen LogP contribution in [-0.2, 0) is 6.54 Å². The zero-order valence-electron chi connectivity index (χ0n) is 11.4. The molecule has 1 aromatic carbocycles. The molecule has 2 aromatic rings. The Hall–Kier alpha value is -1.75. The number of nitrogens with zero attached hydrogens (tertiary/aromatic N) is 3. The molecule has 0 spiro atoms. The van der Waals surface area contributed by atoms with Gasteiger partial charge in [0.1, 0.15) is 11.6 Å². The average Bonchev–Trinajstić information content (AvgIpc) is 2.40. The van der Waals surface area contributed by atoms with Gasteiger partial charge in [0.2, 0.25) is 0 Å². The molecule has 0 amide bonds. The van der Waals surface area contributed by atoms with Gasteiger partial charge in [-0.15, -0.1) is 0 Å². The second kappa shape index (κ2) is 5.93. The largest absolute Gasteiger partial charge is 0.383 e. The van der Waals surface area contributed by atoms with Gasteiger partial charge in [0, 0.05) is 19.7 Å². The molecule has 0 unspecified atom stereocenters. The third-order valence-corrected chi connectivity index (χ3v) is 3.37. The number of hydrogen-bond acceptors (Lipinski definition) is 5. The molecule has 4 nitrogen and oxygen atoms in total. The number of nitrogens with two attached hydrogens (primary N) is 1. The Bertz CT molecular complexity index is 554. The molecule has 19 heavy (non-hydrogen) atoms. The lowest BCUT2D eigenvalue weighted by atomic mass is 10.1. The third-order valence-electron chi connectivity index (χ3n) is 2.83. The van der Waals surface area contributed by atoms with Gasteiger partial charge in [-0.25, -0.2) is 9.97 Å². The fourth-order valence-electron chi connectivity index (χ4n) is 1.77. The van der Waals surface area contributed by atoms with Gasteiger partial charge in [-0.05, 0) is 18.7 Å². The van der Waals surface area contributed by atoms with E-state index in [1.54, 1.807) is 6.07 Å². The molecule has 0 aliphatic heterocycles. The van der Waals surface area contributed by atoms with Crippen LogP contribution >= 0.6 is 11.8 Å². The van der Waals surface area contributed by atoms with E-state index in [0.717, 1.165) is 12.4 Å². The topological polar surface area (TPSA) is 55.0 Å². The van der Waals surface area contributed by atoms with Crippen molar-refractivity contribution in [1.29, 1.82) is 0 Å². The van der Waals surface area contributed by atoms with Gasteiger partial charge in [0.25, 0.3) is 0 Å². The standard InChI is InChI=1S/C14H18N4S/c1-10-4-6-11(7-5-10)9-18(2)13-8-12(15)16-14(17-13)19-3/h4-8H,9H2,1-3H3,(H2,15,16,17). The van der Waals surface area contributed by atoms with E-state index in [4.69, 9.17) is 5.73 Å². The lowest BCUT2D eigenvalue weighted by Crippen LogP contribution is -2.18. The summed E-state index contributed by atoms with van der Waals surface area (Å²) >= 11 is 1.49. The molecule has 2 rings (SSSR count). The first kappa shape index (κ1) is 13.7. The van der Waals surface area contributed by atoms with Gasteiger partial charge in [-0.3, -0.25) is 0 Å². The molecule has 2 N–H and O–H groups in total. The molecule has 1 aromatic heterocycles. The Labute approximate surface area is 118 Å². The second-order valence-corrected chi connectivity index (χ2v) is 5.25. The summed E-state index contributed by atoms with van der Waals surface area (Å²) < 4.78 is 0. The summed E-state index contributed by atoms with van der Waals surface area (Å²) in [6, 6.07) is 10.3. The van der Waals surface area contributed by atoms with Crippen LogP contribution in [0.25, 0.3) is 0 Å². The van der Waals surface area contributed by atoms with Gasteiger partial charge in [0.15, 0.2) is 5.16 Å². The molecule has 0 aliphatic carbocycles. The minimum atomic E-state index is 0.505. The van der Waals surface area contributed by atoms with E-state index in [1.807, 2.05) is 13.3 Å². The van der Waals surface area contributed by atoms with Crippen LogP contribution in [0.15, 0.2) is 35.5 Å². The molecule has 0 radical (unpaired) electrons. The van der Waals surface area contributed by atoms with E-state index in [0.29, 0.717) is 11.0 Å². The molecule has 5 heteroatoms. The summed E-state index contributed by atoms with van der Waals surface area (Å²) in [5.41, 5.74) is 8.31. The number of anilines is 2. The summed E-state index contributed by atoms with van der Waals surface area (Å²) in [4.78, 5) is 10.7. The van der Waals surface area contributed by atoms with Crippen molar-refractivity contribution in [2.45, 2.75) is 18.6 Å². The smallest absolute Gasteiger partial charge is 0.191 e. The number of aryl methyl sites for hydroxylation is 1. The summed E-state index contributed by atoms with van der Waals surface area (Å²) in [5.74, 6) is 1.35. The van der Waals surface area contributed by atoms with Gasteiger partial charge >= 0.3 is 0 Å². The van der Waals surface area contributed by atoms with Gasteiger partial charge in [0.05, 0.1) is 0 Å². The first-order chi connectivity index (χ1) is 9.08. The van der Waals surface area contributed by atoms with Gasteiger partial charge in [-0.2, -0.15) is 0 Å². The summed E-state index contributed by atoms with van der Waals surface area (Å²) in [5, 5.41) is 0.700. The maximum atomic E-state index is 5.79. The van der Waals surface area contributed by atoms with E-state index in [9.17, 15) is 0 Å². The highest BCUT2D eigenvalue weighted by Crippen LogP contribution is 2.19. The Morgan fingerprint density at radius 3 is 2.53 bits per heavy atom. The highest BCUT2D eigenvalue weighted by molar-refractivity contribution is 7.98. The van der Waals surface area contributed by atoms with Crippen LogP contribution in [0.5, 0.6) is 0 Å². The summed E-state index contributed by atoms with van der Waals surface area (Å²) in [6.07, 6.45) is 1.94.